The third-order valence-corrected chi connectivity index (χ3v) is 4.88. The molecule has 0 bridgehead atoms. The largest absolute Gasteiger partial charge is 0.471 e. The van der Waals surface area contributed by atoms with Gasteiger partial charge >= 0.3 is 18.1 Å². The summed E-state index contributed by atoms with van der Waals surface area (Å²) in [6.45, 7) is 0.606. The van der Waals surface area contributed by atoms with Crippen LogP contribution in [0.25, 0.3) is 11.4 Å². The monoisotopic (exact) mass is 414 g/mol. The highest BCUT2D eigenvalue weighted by atomic mass is 19.4. The Bertz CT molecular complexity index is 850. The van der Waals surface area contributed by atoms with E-state index in [1.807, 2.05) is 0 Å². The van der Waals surface area contributed by atoms with Gasteiger partial charge in [0.15, 0.2) is 0 Å². The first-order valence-corrected chi connectivity index (χ1v) is 8.79. The molecule has 1 aliphatic carbocycles. The van der Waals surface area contributed by atoms with Crippen LogP contribution in [0.2, 0.25) is 0 Å². The average Bonchev–Trinajstić information content (AvgIpc) is 3.29. The van der Waals surface area contributed by atoms with Crippen molar-refractivity contribution in [3.8, 4) is 11.4 Å². The predicted molar refractivity (Wildman–Crippen MR) is 94.3 cm³/mol. The summed E-state index contributed by atoms with van der Waals surface area (Å²) in [4.78, 5) is 23.0. The zero-order valence-corrected chi connectivity index (χ0v) is 16.2. The summed E-state index contributed by atoms with van der Waals surface area (Å²) >= 11 is 0. The lowest BCUT2D eigenvalue weighted by molar-refractivity contribution is -0.159. The number of carbonyl (C=O) groups excluding carboxylic acids is 1. The van der Waals surface area contributed by atoms with E-state index in [4.69, 9.17) is 9.57 Å². The van der Waals surface area contributed by atoms with Crippen LogP contribution in [0.4, 0.5) is 18.0 Å². The zero-order valence-electron chi connectivity index (χ0n) is 16.2. The number of urea groups is 1. The van der Waals surface area contributed by atoms with E-state index in [0.717, 1.165) is 12.8 Å². The SMILES string of the molecule is COCC1(N(C)C(=O)N(Cc2ccc(-c3noc(C(F)(F)F)n3)cc2)OC)CC1. The zero-order chi connectivity index (χ0) is 21.2. The van der Waals surface area contributed by atoms with Crippen molar-refractivity contribution in [1.82, 2.24) is 20.1 Å². The quantitative estimate of drug-likeness (QED) is 0.647. The first kappa shape index (κ1) is 21.1. The second-order valence-electron chi connectivity index (χ2n) is 6.84. The van der Waals surface area contributed by atoms with Crippen LogP contribution in [0.5, 0.6) is 0 Å². The fourth-order valence-corrected chi connectivity index (χ4v) is 2.95. The minimum Gasteiger partial charge on any atom is -0.382 e. The van der Waals surface area contributed by atoms with Gasteiger partial charge in [-0.2, -0.15) is 23.2 Å². The van der Waals surface area contributed by atoms with Crippen LogP contribution < -0.4 is 0 Å². The third kappa shape index (κ3) is 4.51. The Labute approximate surface area is 165 Å². The lowest BCUT2D eigenvalue weighted by Crippen LogP contribution is -2.48. The van der Waals surface area contributed by atoms with Gasteiger partial charge in [0.2, 0.25) is 5.82 Å². The van der Waals surface area contributed by atoms with Crippen molar-refractivity contribution < 1.29 is 32.1 Å². The molecule has 1 aromatic heterocycles. The van der Waals surface area contributed by atoms with E-state index in [2.05, 4.69) is 14.7 Å². The molecule has 1 fully saturated rings. The summed E-state index contributed by atoms with van der Waals surface area (Å²) < 4.78 is 47.2. The lowest BCUT2D eigenvalue weighted by atomic mass is 10.1. The lowest BCUT2D eigenvalue weighted by Gasteiger charge is -2.32. The molecule has 2 aromatic rings. The molecule has 0 spiro atoms. The molecule has 11 heteroatoms. The van der Waals surface area contributed by atoms with Gasteiger partial charge in [0.25, 0.3) is 0 Å². The molecule has 1 saturated carbocycles. The van der Waals surface area contributed by atoms with Crippen LogP contribution in [0.3, 0.4) is 0 Å². The molecule has 0 N–H and O–H groups in total. The molecule has 1 aliphatic rings. The second kappa shape index (κ2) is 7.99. The molecule has 1 aromatic carbocycles. The van der Waals surface area contributed by atoms with Gasteiger partial charge in [0.05, 0.1) is 25.8 Å². The van der Waals surface area contributed by atoms with Gasteiger partial charge in [0, 0.05) is 19.7 Å². The number of ether oxygens (including phenoxy) is 1. The number of halogens is 3. The van der Waals surface area contributed by atoms with Crippen LogP contribution in [0.1, 0.15) is 24.3 Å². The number of carbonyl (C=O) groups is 1. The molecule has 0 aliphatic heterocycles. The summed E-state index contributed by atoms with van der Waals surface area (Å²) in [5, 5.41) is 4.56. The normalized spacial score (nSPS) is 15.2. The number of hydrogen-bond donors (Lipinski definition) is 0. The number of aromatic nitrogens is 2. The van der Waals surface area contributed by atoms with Gasteiger partial charge < -0.3 is 14.2 Å². The average molecular weight is 414 g/mol. The van der Waals surface area contributed by atoms with E-state index in [-0.39, 0.29) is 23.9 Å². The van der Waals surface area contributed by atoms with Gasteiger partial charge in [-0.05, 0) is 18.4 Å². The van der Waals surface area contributed by atoms with Crippen LogP contribution in [-0.4, -0.2) is 59.5 Å². The van der Waals surface area contributed by atoms with Crippen LogP contribution in [0, 0.1) is 0 Å². The molecule has 2 amide bonds. The van der Waals surface area contributed by atoms with Gasteiger partial charge in [-0.15, -0.1) is 0 Å². The van der Waals surface area contributed by atoms with Crippen molar-refractivity contribution in [2.24, 2.45) is 0 Å². The Morgan fingerprint density at radius 1 is 1.24 bits per heavy atom. The van der Waals surface area contributed by atoms with E-state index in [0.29, 0.717) is 17.7 Å². The molecule has 8 nitrogen and oxygen atoms in total. The maximum atomic E-state index is 12.8. The molecule has 0 atom stereocenters. The summed E-state index contributed by atoms with van der Waals surface area (Å²) in [6.07, 6.45) is -2.97. The van der Waals surface area contributed by atoms with Gasteiger partial charge in [0.1, 0.15) is 0 Å². The first-order chi connectivity index (χ1) is 13.7. The van der Waals surface area contributed by atoms with Gasteiger partial charge in [-0.3, -0.25) is 4.84 Å². The van der Waals surface area contributed by atoms with E-state index in [1.165, 1.54) is 12.2 Å². The fraction of sp³-hybridized carbons (Fsp3) is 0.500. The summed E-state index contributed by atoms with van der Waals surface area (Å²) in [5.74, 6) is -1.57. The smallest absolute Gasteiger partial charge is 0.382 e. The van der Waals surface area contributed by atoms with Gasteiger partial charge in [-0.25, -0.2) is 4.79 Å². The number of benzene rings is 1. The third-order valence-electron chi connectivity index (χ3n) is 4.88. The molecule has 0 unspecified atom stereocenters. The van der Waals surface area contributed by atoms with Crippen LogP contribution in [0.15, 0.2) is 28.8 Å². The molecule has 29 heavy (non-hydrogen) atoms. The fourth-order valence-electron chi connectivity index (χ4n) is 2.95. The summed E-state index contributed by atoms with van der Waals surface area (Å²) in [5.41, 5.74) is 0.771. The number of nitrogens with zero attached hydrogens (tertiary/aromatic N) is 4. The number of methoxy groups -OCH3 is 1. The van der Waals surface area contributed by atoms with Crippen molar-refractivity contribution >= 4 is 6.03 Å². The number of amides is 2. The van der Waals surface area contributed by atoms with Gasteiger partial charge in [-0.1, -0.05) is 29.4 Å². The highest BCUT2D eigenvalue weighted by Gasteiger charge is 2.49. The molecule has 0 saturated heterocycles. The van der Waals surface area contributed by atoms with E-state index in [9.17, 15) is 18.0 Å². The Morgan fingerprint density at radius 2 is 1.90 bits per heavy atom. The van der Waals surface area contributed by atoms with E-state index < -0.39 is 12.1 Å². The molecule has 3 rings (SSSR count). The minimum atomic E-state index is -4.70. The summed E-state index contributed by atoms with van der Waals surface area (Å²) in [6, 6.07) is 6.10. The Balaban J connectivity index is 1.68. The Hall–Kier alpha value is -2.66. The highest BCUT2D eigenvalue weighted by molar-refractivity contribution is 5.74. The predicted octanol–water partition coefficient (Wildman–Crippen LogP) is 3.35. The number of hydroxylamine groups is 2. The minimum absolute atomic E-state index is 0.156. The van der Waals surface area contributed by atoms with E-state index >= 15 is 0 Å². The molecular weight excluding hydrogens is 393 g/mol. The van der Waals surface area contributed by atoms with Crippen LogP contribution in [-0.2, 0) is 22.3 Å². The Kier molecular flexibility index (Phi) is 5.80. The highest BCUT2D eigenvalue weighted by Crippen LogP contribution is 2.41. The topological polar surface area (TPSA) is 80.9 Å². The molecule has 1 heterocycles. The molecule has 158 valence electrons. The van der Waals surface area contributed by atoms with Crippen molar-refractivity contribution in [3.05, 3.63) is 35.7 Å². The number of alkyl halides is 3. The number of likely N-dealkylation sites (N-methyl/N-ethyl adjacent to an activating group) is 1. The standard InChI is InChI=1S/C18H21F3N4O4/c1-24(17(8-9-17)11-27-2)16(26)25(28-3)10-12-4-6-13(7-5-12)14-22-15(29-23-14)18(19,20)21/h4-7H,8-11H2,1-3H3. The first-order valence-electron chi connectivity index (χ1n) is 8.79. The number of rotatable bonds is 7. The summed E-state index contributed by atoms with van der Waals surface area (Å²) in [7, 11) is 4.70. The van der Waals surface area contributed by atoms with Crippen molar-refractivity contribution in [2.75, 3.05) is 27.9 Å². The maximum Gasteiger partial charge on any atom is 0.471 e. The van der Waals surface area contributed by atoms with Crippen molar-refractivity contribution in [3.63, 3.8) is 0 Å². The molecular formula is C18H21F3N4O4. The maximum absolute atomic E-state index is 12.8. The van der Waals surface area contributed by atoms with Crippen LogP contribution >= 0.6 is 0 Å². The number of hydrogen-bond acceptors (Lipinski definition) is 6. The van der Waals surface area contributed by atoms with Crippen molar-refractivity contribution in [1.29, 1.82) is 0 Å². The second-order valence-corrected chi connectivity index (χ2v) is 6.84. The van der Waals surface area contributed by atoms with Crippen molar-refractivity contribution in [2.45, 2.75) is 31.1 Å². The van der Waals surface area contributed by atoms with E-state index in [1.54, 1.807) is 43.3 Å². The Morgan fingerprint density at radius 3 is 2.38 bits per heavy atom. The molecule has 0 radical (unpaired) electrons.